The van der Waals surface area contributed by atoms with Crippen LogP contribution in [0, 0.1) is 0 Å². The van der Waals surface area contributed by atoms with E-state index in [1.54, 1.807) is 16.7 Å². The molecule has 3 N–H and O–H groups in total. The number of hydrogen-bond acceptors (Lipinski definition) is 4. The molecule has 26 heavy (non-hydrogen) atoms. The van der Waals surface area contributed by atoms with Gasteiger partial charge in [-0.25, -0.2) is 0 Å². The van der Waals surface area contributed by atoms with Gasteiger partial charge in [-0.1, -0.05) is 30.3 Å². The maximum Gasteiger partial charge on any atom is 0.263 e. The Bertz CT molecular complexity index is 1030. The molecule has 0 spiro atoms. The van der Waals surface area contributed by atoms with Crippen LogP contribution in [0.2, 0.25) is 0 Å². The first-order valence-corrected chi connectivity index (χ1v) is 8.52. The smallest absolute Gasteiger partial charge is 0.263 e. The topological polar surface area (TPSA) is 78.7 Å². The fourth-order valence-corrected chi connectivity index (χ4v) is 2.85. The Morgan fingerprint density at radius 2 is 1.88 bits per heavy atom. The lowest BCUT2D eigenvalue weighted by atomic mass is 10.1. The highest BCUT2D eigenvalue weighted by Crippen LogP contribution is 2.25. The predicted octanol–water partition coefficient (Wildman–Crippen LogP) is 3.05. The third-order valence-corrected chi connectivity index (χ3v) is 4.08. The molecule has 1 heterocycles. The normalized spacial score (nSPS) is 11.0. The molecule has 0 aliphatic rings. The second-order valence-corrected chi connectivity index (χ2v) is 5.93. The van der Waals surface area contributed by atoms with Gasteiger partial charge in [-0.2, -0.15) is 5.10 Å². The molecule has 1 aromatic heterocycles. The molecule has 0 aliphatic heterocycles. The average Bonchev–Trinajstić information content (AvgIpc) is 2.66. The Labute approximate surface area is 155 Å². The number of para-hydroxylation sites is 2. The molecule has 3 rings (SSSR count). The van der Waals surface area contributed by atoms with Gasteiger partial charge in [0.15, 0.2) is 5.11 Å². The van der Waals surface area contributed by atoms with E-state index in [9.17, 15) is 9.90 Å². The number of nitrogens with zero attached hydrogens (tertiary/aromatic N) is 2. The van der Waals surface area contributed by atoms with Gasteiger partial charge in [0.1, 0.15) is 11.3 Å². The number of aryl methyl sites for hydroxylation is 1. The van der Waals surface area contributed by atoms with Crippen molar-refractivity contribution in [1.82, 2.24) is 9.99 Å². The Morgan fingerprint density at radius 1 is 1.19 bits per heavy atom. The number of fused-ring (bicyclic) bond motifs is 1. The SMILES string of the molecule is CCn1c(=O)c(/C=N\NC(=S)Nc2ccccc2)c(O)c2ccccc21. The van der Waals surface area contributed by atoms with Gasteiger partial charge in [-0.15, -0.1) is 0 Å². The molecule has 0 bridgehead atoms. The summed E-state index contributed by atoms with van der Waals surface area (Å²) >= 11 is 5.16. The summed E-state index contributed by atoms with van der Waals surface area (Å²) < 4.78 is 1.59. The minimum absolute atomic E-state index is 0.0946. The van der Waals surface area contributed by atoms with E-state index in [4.69, 9.17) is 12.2 Å². The predicted molar refractivity (Wildman–Crippen MR) is 109 cm³/mol. The van der Waals surface area contributed by atoms with Crippen molar-refractivity contribution in [3.63, 3.8) is 0 Å². The maximum atomic E-state index is 12.6. The molecule has 7 heteroatoms. The quantitative estimate of drug-likeness (QED) is 0.376. The molecule has 0 aliphatic carbocycles. The molecule has 2 aromatic carbocycles. The number of aromatic nitrogens is 1. The average molecular weight is 366 g/mol. The van der Waals surface area contributed by atoms with Crippen LogP contribution in [-0.2, 0) is 6.54 Å². The number of rotatable bonds is 4. The summed E-state index contributed by atoms with van der Waals surface area (Å²) in [6, 6.07) is 16.6. The van der Waals surface area contributed by atoms with Crippen molar-refractivity contribution in [1.29, 1.82) is 0 Å². The zero-order chi connectivity index (χ0) is 18.5. The Hall–Kier alpha value is -3.19. The van der Waals surface area contributed by atoms with Gasteiger partial charge in [-0.05, 0) is 43.4 Å². The summed E-state index contributed by atoms with van der Waals surface area (Å²) in [4.78, 5) is 12.6. The molecule has 132 valence electrons. The maximum absolute atomic E-state index is 12.6. The first-order valence-electron chi connectivity index (χ1n) is 8.11. The highest BCUT2D eigenvalue weighted by molar-refractivity contribution is 7.80. The van der Waals surface area contributed by atoms with Crippen LogP contribution in [0.4, 0.5) is 5.69 Å². The van der Waals surface area contributed by atoms with Crippen LogP contribution in [0.5, 0.6) is 5.75 Å². The second-order valence-electron chi connectivity index (χ2n) is 5.52. The van der Waals surface area contributed by atoms with E-state index in [2.05, 4.69) is 15.8 Å². The minimum Gasteiger partial charge on any atom is -0.506 e. The molecule has 0 saturated carbocycles. The van der Waals surface area contributed by atoms with Crippen molar-refractivity contribution in [2.45, 2.75) is 13.5 Å². The molecule has 6 nitrogen and oxygen atoms in total. The first kappa shape index (κ1) is 17.6. The summed E-state index contributed by atoms with van der Waals surface area (Å²) in [7, 11) is 0. The van der Waals surface area contributed by atoms with Gasteiger partial charge in [0.2, 0.25) is 0 Å². The molecule has 0 unspecified atom stereocenters. The summed E-state index contributed by atoms with van der Waals surface area (Å²) in [5.74, 6) is -0.0946. The fraction of sp³-hybridized carbons (Fsp3) is 0.105. The van der Waals surface area contributed by atoms with Crippen molar-refractivity contribution in [3.05, 3.63) is 70.5 Å². The Balaban J connectivity index is 1.85. The highest BCUT2D eigenvalue weighted by atomic mass is 32.1. The number of hydrazone groups is 1. The van der Waals surface area contributed by atoms with Gasteiger partial charge < -0.3 is 15.0 Å². The number of nitrogens with one attached hydrogen (secondary N) is 2. The van der Waals surface area contributed by atoms with E-state index >= 15 is 0 Å². The van der Waals surface area contributed by atoms with E-state index < -0.39 is 0 Å². The molecule has 0 fully saturated rings. The first-order chi connectivity index (χ1) is 12.6. The third-order valence-electron chi connectivity index (χ3n) is 3.89. The van der Waals surface area contributed by atoms with Crippen LogP contribution in [0.25, 0.3) is 10.9 Å². The van der Waals surface area contributed by atoms with Gasteiger partial charge in [0, 0.05) is 17.6 Å². The van der Waals surface area contributed by atoms with Crippen molar-refractivity contribution in [2.75, 3.05) is 5.32 Å². The second kappa shape index (κ2) is 7.79. The summed E-state index contributed by atoms with van der Waals surface area (Å²) in [6.07, 6.45) is 1.29. The minimum atomic E-state index is -0.309. The summed E-state index contributed by atoms with van der Waals surface area (Å²) in [5, 5.41) is 18.3. The molecule has 3 aromatic rings. The van der Waals surface area contributed by atoms with Crippen molar-refractivity contribution >= 4 is 40.1 Å². The highest BCUT2D eigenvalue weighted by Gasteiger charge is 2.13. The Kier molecular flexibility index (Phi) is 5.28. The van der Waals surface area contributed by atoms with E-state index in [-0.39, 0.29) is 22.0 Å². The zero-order valence-corrected chi connectivity index (χ0v) is 15.0. The number of hydrogen-bond donors (Lipinski definition) is 3. The standard InChI is InChI=1S/C19H18N4O2S/c1-2-23-16-11-7-6-10-14(16)17(24)15(18(23)25)12-20-22-19(26)21-13-8-4-3-5-9-13/h3-12,24H,2H2,1H3,(H2,21,22,26)/b20-12-. The third kappa shape index (κ3) is 3.57. The lowest BCUT2D eigenvalue weighted by Gasteiger charge is -2.11. The molecule has 0 atom stereocenters. The van der Waals surface area contributed by atoms with Gasteiger partial charge in [0.05, 0.1) is 11.7 Å². The molecule has 0 amide bonds. The number of thiocarbonyl (C=S) groups is 1. The van der Waals surface area contributed by atoms with Crippen LogP contribution in [0.1, 0.15) is 12.5 Å². The largest absolute Gasteiger partial charge is 0.506 e. The van der Waals surface area contributed by atoms with Crippen LogP contribution in [0.15, 0.2) is 64.5 Å². The van der Waals surface area contributed by atoms with Crippen LogP contribution >= 0.6 is 12.2 Å². The van der Waals surface area contributed by atoms with E-state index in [1.165, 1.54) is 6.21 Å². The number of anilines is 1. The zero-order valence-electron chi connectivity index (χ0n) is 14.1. The molecule has 0 radical (unpaired) electrons. The lowest BCUT2D eigenvalue weighted by Crippen LogP contribution is -2.26. The lowest BCUT2D eigenvalue weighted by molar-refractivity contribution is 0.478. The number of aromatic hydroxyl groups is 1. The van der Waals surface area contributed by atoms with Gasteiger partial charge in [0.25, 0.3) is 5.56 Å². The van der Waals surface area contributed by atoms with E-state index in [0.29, 0.717) is 17.4 Å². The molecule has 0 saturated heterocycles. The van der Waals surface area contributed by atoms with Gasteiger partial charge in [-0.3, -0.25) is 10.2 Å². The number of pyridine rings is 1. The van der Waals surface area contributed by atoms with Crippen molar-refractivity contribution in [3.8, 4) is 5.75 Å². The van der Waals surface area contributed by atoms with E-state index in [1.807, 2.05) is 49.4 Å². The van der Waals surface area contributed by atoms with Crippen molar-refractivity contribution < 1.29 is 5.11 Å². The molecular formula is C19H18N4O2S. The number of benzene rings is 2. The Morgan fingerprint density at radius 3 is 2.62 bits per heavy atom. The monoisotopic (exact) mass is 366 g/mol. The van der Waals surface area contributed by atoms with Crippen molar-refractivity contribution in [2.24, 2.45) is 5.10 Å². The van der Waals surface area contributed by atoms with Gasteiger partial charge >= 0.3 is 0 Å². The van der Waals surface area contributed by atoms with Crippen LogP contribution < -0.4 is 16.3 Å². The van der Waals surface area contributed by atoms with E-state index in [0.717, 1.165) is 5.69 Å². The molecular weight excluding hydrogens is 348 g/mol. The van der Waals surface area contributed by atoms with Crippen LogP contribution in [0.3, 0.4) is 0 Å². The summed E-state index contributed by atoms with van der Waals surface area (Å²) in [5.41, 5.74) is 3.96. The van der Waals surface area contributed by atoms with Crippen LogP contribution in [-0.4, -0.2) is 21.0 Å². The summed E-state index contributed by atoms with van der Waals surface area (Å²) in [6.45, 7) is 2.37. The fourth-order valence-electron chi connectivity index (χ4n) is 2.68.